The number of ether oxygens (including phenoxy) is 1. The Morgan fingerprint density at radius 2 is 1.72 bits per heavy atom. The van der Waals surface area contributed by atoms with Gasteiger partial charge < -0.3 is 10.1 Å². The zero-order chi connectivity index (χ0) is 18.4. The Labute approximate surface area is 146 Å². The molecule has 0 aliphatic heterocycles. The summed E-state index contributed by atoms with van der Waals surface area (Å²) in [7, 11) is -2.08. The topological polar surface area (TPSA) is 75.7 Å². The summed E-state index contributed by atoms with van der Waals surface area (Å²) in [5.74, 6) is -0.239. The Hall–Kier alpha value is -2.45. The molecule has 0 spiro atoms. The molecule has 1 amide bonds. The van der Waals surface area contributed by atoms with Gasteiger partial charge in [0.05, 0.1) is 19.9 Å². The summed E-state index contributed by atoms with van der Waals surface area (Å²) in [4.78, 5) is 12.2. The molecule has 0 aliphatic carbocycles. The second-order valence-corrected chi connectivity index (χ2v) is 7.42. The minimum absolute atomic E-state index is 0.0187. The van der Waals surface area contributed by atoms with Gasteiger partial charge in [0.1, 0.15) is 11.6 Å². The molecule has 25 heavy (non-hydrogen) atoms. The molecule has 0 heterocycles. The van der Waals surface area contributed by atoms with Crippen molar-refractivity contribution in [3.05, 3.63) is 59.9 Å². The molecule has 8 heteroatoms. The average Bonchev–Trinajstić information content (AvgIpc) is 2.56. The van der Waals surface area contributed by atoms with E-state index in [-0.39, 0.29) is 13.1 Å². The van der Waals surface area contributed by atoms with E-state index in [1.165, 1.54) is 31.4 Å². The van der Waals surface area contributed by atoms with Crippen molar-refractivity contribution in [1.29, 1.82) is 0 Å². The van der Waals surface area contributed by atoms with Crippen LogP contribution in [0.5, 0.6) is 5.75 Å². The molecule has 0 atom stereocenters. The lowest BCUT2D eigenvalue weighted by Gasteiger charge is -2.19. The number of sulfonamides is 1. The Kier molecular flexibility index (Phi) is 6.11. The van der Waals surface area contributed by atoms with Crippen LogP contribution in [0.25, 0.3) is 0 Å². The van der Waals surface area contributed by atoms with E-state index < -0.39 is 21.7 Å². The van der Waals surface area contributed by atoms with Gasteiger partial charge in [-0.1, -0.05) is 12.1 Å². The highest BCUT2D eigenvalue weighted by Gasteiger charge is 2.20. The van der Waals surface area contributed by atoms with Crippen LogP contribution < -0.4 is 10.1 Å². The van der Waals surface area contributed by atoms with Crippen molar-refractivity contribution in [2.45, 2.75) is 6.54 Å². The quantitative estimate of drug-likeness (QED) is 0.815. The van der Waals surface area contributed by atoms with E-state index in [2.05, 4.69) is 5.32 Å². The first-order valence-corrected chi connectivity index (χ1v) is 9.26. The number of nitrogens with one attached hydrogen (secondary N) is 1. The van der Waals surface area contributed by atoms with Gasteiger partial charge in [-0.3, -0.25) is 4.79 Å². The zero-order valence-corrected chi connectivity index (χ0v) is 14.7. The fraction of sp³-hybridized carbons (Fsp3) is 0.235. The van der Waals surface area contributed by atoms with Crippen LogP contribution in [-0.4, -0.2) is 38.5 Å². The lowest BCUT2D eigenvalue weighted by molar-refractivity contribution is -0.116. The van der Waals surface area contributed by atoms with Crippen molar-refractivity contribution >= 4 is 21.6 Å². The van der Waals surface area contributed by atoms with Gasteiger partial charge in [-0.2, -0.15) is 4.31 Å². The van der Waals surface area contributed by atoms with Crippen molar-refractivity contribution in [1.82, 2.24) is 4.31 Å². The summed E-state index contributed by atoms with van der Waals surface area (Å²) in [6, 6.07) is 12.1. The summed E-state index contributed by atoms with van der Waals surface area (Å²) < 4.78 is 42.9. The summed E-state index contributed by atoms with van der Waals surface area (Å²) in [6.45, 7) is -0.364. The van der Waals surface area contributed by atoms with E-state index in [9.17, 15) is 17.6 Å². The van der Waals surface area contributed by atoms with Gasteiger partial charge >= 0.3 is 0 Å². The summed E-state index contributed by atoms with van der Waals surface area (Å²) in [5.41, 5.74) is 1.12. The number of hydrogen-bond donors (Lipinski definition) is 1. The van der Waals surface area contributed by atoms with Crippen LogP contribution >= 0.6 is 0 Å². The van der Waals surface area contributed by atoms with Crippen LogP contribution in [0, 0.1) is 5.82 Å². The van der Waals surface area contributed by atoms with Gasteiger partial charge in [0.2, 0.25) is 15.9 Å². The third-order valence-electron chi connectivity index (χ3n) is 3.43. The number of nitrogens with zero attached hydrogens (tertiary/aromatic N) is 1. The first-order chi connectivity index (χ1) is 11.8. The number of methoxy groups -OCH3 is 1. The number of hydrogen-bond acceptors (Lipinski definition) is 4. The summed E-state index contributed by atoms with van der Waals surface area (Å²) >= 11 is 0. The van der Waals surface area contributed by atoms with Gasteiger partial charge in [0.15, 0.2) is 0 Å². The third kappa shape index (κ3) is 5.84. The molecule has 2 aromatic carbocycles. The van der Waals surface area contributed by atoms with Crippen LogP contribution in [0.4, 0.5) is 10.1 Å². The normalized spacial score (nSPS) is 11.4. The largest absolute Gasteiger partial charge is 0.497 e. The zero-order valence-electron chi connectivity index (χ0n) is 13.9. The second kappa shape index (κ2) is 8.09. The molecule has 0 fully saturated rings. The molecule has 0 saturated heterocycles. The summed E-state index contributed by atoms with van der Waals surface area (Å²) in [5, 5.41) is 2.63. The lowest BCUT2D eigenvalue weighted by Crippen LogP contribution is -2.36. The minimum Gasteiger partial charge on any atom is -0.497 e. The molecule has 0 aliphatic rings. The highest BCUT2D eigenvalue weighted by atomic mass is 32.2. The Balaban J connectivity index is 2.05. The van der Waals surface area contributed by atoms with Crippen molar-refractivity contribution < 1.29 is 22.3 Å². The molecule has 0 aromatic heterocycles. The van der Waals surface area contributed by atoms with Crippen LogP contribution in [0.2, 0.25) is 0 Å². The number of rotatable bonds is 7. The van der Waals surface area contributed by atoms with Gasteiger partial charge in [-0.15, -0.1) is 0 Å². The highest BCUT2D eigenvalue weighted by molar-refractivity contribution is 7.88. The second-order valence-electron chi connectivity index (χ2n) is 5.43. The molecule has 0 saturated carbocycles. The third-order valence-corrected chi connectivity index (χ3v) is 4.63. The number of halogens is 1. The number of benzene rings is 2. The van der Waals surface area contributed by atoms with Crippen molar-refractivity contribution in [2.75, 3.05) is 25.2 Å². The van der Waals surface area contributed by atoms with E-state index in [0.29, 0.717) is 17.0 Å². The summed E-state index contributed by atoms with van der Waals surface area (Å²) in [6.07, 6.45) is 1.02. The fourth-order valence-electron chi connectivity index (χ4n) is 2.12. The highest BCUT2D eigenvalue weighted by Crippen LogP contribution is 2.15. The fourth-order valence-corrected chi connectivity index (χ4v) is 2.85. The van der Waals surface area contributed by atoms with Crippen molar-refractivity contribution in [3.63, 3.8) is 0 Å². The first kappa shape index (κ1) is 18.9. The first-order valence-electron chi connectivity index (χ1n) is 7.41. The van der Waals surface area contributed by atoms with Gasteiger partial charge in [-0.05, 0) is 42.0 Å². The van der Waals surface area contributed by atoms with E-state index >= 15 is 0 Å². The number of carbonyl (C=O) groups is 1. The molecule has 6 nitrogen and oxygen atoms in total. The smallest absolute Gasteiger partial charge is 0.239 e. The van der Waals surface area contributed by atoms with E-state index in [1.807, 2.05) is 0 Å². The number of carbonyl (C=O) groups excluding carboxylic acids is 1. The van der Waals surface area contributed by atoms with E-state index in [1.54, 1.807) is 24.3 Å². The maximum Gasteiger partial charge on any atom is 0.239 e. The molecule has 2 aromatic rings. The van der Waals surface area contributed by atoms with Gasteiger partial charge in [0, 0.05) is 12.2 Å². The van der Waals surface area contributed by atoms with Gasteiger partial charge in [0.25, 0.3) is 0 Å². The molecule has 2 rings (SSSR count). The maximum absolute atomic E-state index is 13.0. The monoisotopic (exact) mass is 366 g/mol. The lowest BCUT2D eigenvalue weighted by atomic mass is 10.2. The van der Waals surface area contributed by atoms with Crippen molar-refractivity contribution in [3.8, 4) is 5.75 Å². The molecular formula is C17H19FN2O4S. The number of amides is 1. The van der Waals surface area contributed by atoms with Crippen LogP contribution in [0.1, 0.15) is 5.56 Å². The van der Waals surface area contributed by atoms with Crippen LogP contribution in [0.3, 0.4) is 0 Å². The number of anilines is 1. The molecular weight excluding hydrogens is 347 g/mol. The Morgan fingerprint density at radius 3 is 2.24 bits per heavy atom. The maximum atomic E-state index is 13.0. The van der Waals surface area contributed by atoms with Crippen molar-refractivity contribution in [2.24, 2.45) is 0 Å². The van der Waals surface area contributed by atoms with Crippen LogP contribution in [0.15, 0.2) is 48.5 Å². The Morgan fingerprint density at radius 1 is 1.12 bits per heavy atom. The predicted molar refractivity (Wildman–Crippen MR) is 93.3 cm³/mol. The Bertz CT molecular complexity index is 821. The standard InChI is InChI=1S/C17H19FN2O4S/c1-24-16-9-7-15(8-10-16)19-17(21)12-20(25(2,22)23)11-13-3-5-14(18)6-4-13/h3-10H,11-12H2,1-2H3,(H,19,21). The molecule has 0 unspecified atom stereocenters. The average molecular weight is 366 g/mol. The molecule has 0 bridgehead atoms. The minimum atomic E-state index is -3.61. The SMILES string of the molecule is COc1ccc(NC(=O)CN(Cc2ccc(F)cc2)S(C)(=O)=O)cc1. The molecule has 1 N–H and O–H groups in total. The van der Waals surface area contributed by atoms with Crippen LogP contribution in [-0.2, 0) is 21.4 Å². The molecule has 134 valence electrons. The predicted octanol–water partition coefficient (Wildman–Crippen LogP) is 2.23. The van der Waals surface area contributed by atoms with E-state index in [4.69, 9.17) is 4.74 Å². The molecule has 0 radical (unpaired) electrons. The van der Waals surface area contributed by atoms with Gasteiger partial charge in [-0.25, -0.2) is 12.8 Å². The van der Waals surface area contributed by atoms with E-state index in [0.717, 1.165) is 10.6 Å².